The first-order valence-electron chi connectivity index (χ1n) is 4.99. The molecule has 0 unspecified atom stereocenters. The van der Waals surface area contributed by atoms with Crippen LogP contribution in [0.15, 0.2) is 0 Å². The fourth-order valence-electron chi connectivity index (χ4n) is 1.28. The standard InChI is InChI=1S/C10H22O/c1-3-5-6-7-9-10(11)8-4-2/h10-11H,3-9H2,1-2H3/t10-/m0/s1. The van der Waals surface area contributed by atoms with Crippen LogP contribution in [0.2, 0.25) is 0 Å². The maximum absolute atomic E-state index is 9.35. The molecule has 0 aromatic heterocycles. The van der Waals surface area contributed by atoms with E-state index in [9.17, 15) is 5.11 Å². The Bertz CT molecular complexity index is 71.3. The van der Waals surface area contributed by atoms with Gasteiger partial charge in [-0.25, -0.2) is 0 Å². The second kappa shape index (κ2) is 8.06. The molecule has 0 heterocycles. The van der Waals surface area contributed by atoms with E-state index in [2.05, 4.69) is 13.8 Å². The molecule has 0 bridgehead atoms. The lowest BCUT2D eigenvalue weighted by molar-refractivity contribution is 0.150. The van der Waals surface area contributed by atoms with Gasteiger partial charge in [-0.15, -0.1) is 0 Å². The first kappa shape index (κ1) is 11.0. The minimum atomic E-state index is -0.0307. The first-order valence-corrected chi connectivity index (χ1v) is 4.99. The summed E-state index contributed by atoms with van der Waals surface area (Å²) in [5.74, 6) is 0. The topological polar surface area (TPSA) is 20.2 Å². The van der Waals surface area contributed by atoms with Gasteiger partial charge in [0.25, 0.3) is 0 Å². The Hall–Kier alpha value is -0.0400. The van der Waals surface area contributed by atoms with Crippen molar-refractivity contribution in [3.8, 4) is 0 Å². The van der Waals surface area contributed by atoms with Crippen molar-refractivity contribution in [3.05, 3.63) is 0 Å². The maximum Gasteiger partial charge on any atom is 0.0540 e. The normalized spacial score (nSPS) is 13.4. The van der Waals surface area contributed by atoms with Gasteiger partial charge in [-0.3, -0.25) is 0 Å². The van der Waals surface area contributed by atoms with Crippen molar-refractivity contribution in [2.24, 2.45) is 0 Å². The van der Waals surface area contributed by atoms with Gasteiger partial charge in [0, 0.05) is 0 Å². The number of hydrogen-bond donors (Lipinski definition) is 1. The number of aliphatic hydroxyl groups is 1. The molecule has 1 N–H and O–H groups in total. The molecule has 0 spiro atoms. The van der Waals surface area contributed by atoms with Gasteiger partial charge in [-0.2, -0.15) is 0 Å². The van der Waals surface area contributed by atoms with E-state index in [4.69, 9.17) is 0 Å². The molecule has 0 amide bonds. The van der Waals surface area contributed by atoms with Gasteiger partial charge in [-0.05, 0) is 12.8 Å². The van der Waals surface area contributed by atoms with Gasteiger partial charge in [0.05, 0.1) is 6.10 Å². The van der Waals surface area contributed by atoms with Crippen molar-refractivity contribution >= 4 is 0 Å². The summed E-state index contributed by atoms with van der Waals surface area (Å²) < 4.78 is 0. The molecule has 0 aromatic carbocycles. The van der Waals surface area contributed by atoms with E-state index in [0.717, 1.165) is 19.3 Å². The van der Waals surface area contributed by atoms with E-state index in [1.54, 1.807) is 0 Å². The molecule has 0 aliphatic rings. The van der Waals surface area contributed by atoms with Crippen molar-refractivity contribution in [3.63, 3.8) is 0 Å². The van der Waals surface area contributed by atoms with Crippen molar-refractivity contribution < 1.29 is 5.11 Å². The summed E-state index contributed by atoms with van der Waals surface area (Å²) in [5.41, 5.74) is 0. The Morgan fingerprint density at radius 3 is 2.18 bits per heavy atom. The van der Waals surface area contributed by atoms with Crippen LogP contribution in [-0.2, 0) is 0 Å². The van der Waals surface area contributed by atoms with Crippen LogP contribution in [0, 0.1) is 0 Å². The predicted octanol–water partition coefficient (Wildman–Crippen LogP) is 3.12. The zero-order valence-electron chi connectivity index (χ0n) is 7.97. The monoisotopic (exact) mass is 158 g/mol. The molecule has 1 atom stereocenters. The summed E-state index contributed by atoms with van der Waals surface area (Å²) >= 11 is 0. The Labute approximate surface area is 70.8 Å². The van der Waals surface area contributed by atoms with Gasteiger partial charge in [0.15, 0.2) is 0 Å². The summed E-state index contributed by atoms with van der Waals surface area (Å²) in [5, 5.41) is 9.35. The van der Waals surface area contributed by atoms with Crippen LogP contribution in [0.4, 0.5) is 0 Å². The van der Waals surface area contributed by atoms with Crippen LogP contribution in [-0.4, -0.2) is 11.2 Å². The Kier molecular flexibility index (Phi) is 8.03. The molecule has 1 nitrogen and oxygen atoms in total. The number of aliphatic hydroxyl groups excluding tert-OH is 1. The Balaban J connectivity index is 2.97. The average molecular weight is 158 g/mol. The summed E-state index contributed by atoms with van der Waals surface area (Å²) in [6.45, 7) is 4.33. The smallest absolute Gasteiger partial charge is 0.0540 e. The van der Waals surface area contributed by atoms with E-state index in [0.29, 0.717) is 0 Å². The third kappa shape index (κ3) is 7.86. The van der Waals surface area contributed by atoms with E-state index in [1.807, 2.05) is 0 Å². The van der Waals surface area contributed by atoms with E-state index >= 15 is 0 Å². The van der Waals surface area contributed by atoms with Gasteiger partial charge in [-0.1, -0.05) is 46.0 Å². The molecule has 0 rings (SSSR count). The molecule has 0 saturated heterocycles. The highest BCUT2D eigenvalue weighted by atomic mass is 16.3. The van der Waals surface area contributed by atoms with Gasteiger partial charge in [0.2, 0.25) is 0 Å². The molecule has 0 fully saturated rings. The highest BCUT2D eigenvalue weighted by molar-refractivity contribution is 4.54. The van der Waals surface area contributed by atoms with Crippen LogP contribution in [0.5, 0.6) is 0 Å². The van der Waals surface area contributed by atoms with Crippen molar-refractivity contribution in [1.82, 2.24) is 0 Å². The third-order valence-electron chi connectivity index (χ3n) is 2.01. The van der Waals surface area contributed by atoms with Crippen LogP contribution >= 0.6 is 0 Å². The minimum absolute atomic E-state index is 0.0307. The van der Waals surface area contributed by atoms with Crippen LogP contribution < -0.4 is 0 Å². The second-order valence-corrected chi connectivity index (χ2v) is 3.29. The van der Waals surface area contributed by atoms with Crippen molar-refractivity contribution in [2.75, 3.05) is 0 Å². The van der Waals surface area contributed by atoms with Gasteiger partial charge < -0.3 is 5.11 Å². The fraction of sp³-hybridized carbons (Fsp3) is 1.00. The maximum atomic E-state index is 9.35. The number of hydrogen-bond acceptors (Lipinski definition) is 1. The second-order valence-electron chi connectivity index (χ2n) is 3.29. The Morgan fingerprint density at radius 2 is 1.64 bits per heavy atom. The van der Waals surface area contributed by atoms with Crippen molar-refractivity contribution in [2.45, 2.75) is 64.9 Å². The highest BCUT2D eigenvalue weighted by Crippen LogP contribution is 2.08. The molecule has 0 aromatic rings. The largest absolute Gasteiger partial charge is 0.393 e. The lowest BCUT2D eigenvalue weighted by atomic mass is 10.1. The first-order chi connectivity index (χ1) is 5.31. The zero-order valence-corrected chi connectivity index (χ0v) is 7.97. The number of rotatable bonds is 7. The van der Waals surface area contributed by atoms with E-state index in [1.165, 1.54) is 25.7 Å². The lowest BCUT2D eigenvalue weighted by Crippen LogP contribution is -2.04. The quantitative estimate of drug-likeness (QED) is 0.564. The molecule has 68 valence electrons. The summed E-state index contributed by atoms with van der Waals surface area (Å²) in [6.07, 6.45) is 8.15. The molecule has 0 radical (unpaired) electrons. The minimum Gasteiger partial charge on any atom is -0.393 e. The molecule has 1 heteroatoms. The summed E-state index contributed by atoms with van der Waals surface area (Å²) in [4.78, 5) is 0. The highest BCUT2D eigenvalue weighted by Gasteiger charge is 2.00. The molecule has 0 saturated carbocycles. The van der Waals surface area contributed by atoms with Crippen molar-refractivity contribution in [1.29, 1.82) is 0 Å². The summed E-state index contributed by atoms with van der Waals surface area (Å²) in [7, 11) is 0. The van der Waals surface area contributed by atoms with E-state index < -0.39 is 0 Å². The third-order valence-corrected chi connectivity index (χ3v) is 2.01. The fourth-order valence-corrected chi connectivity index (χ4v) is 1.28. The predicted molar refractivity (Wildman–Crippen MR) is 49.7 cm³/mol. The number of unbranched alkanes of at least 4 members (excludes halogenated alkanes) is 3. The molecular weight excluding hydrogens is 136 g/mol. The van der Waals surface area contributed by atoms with E-state index in [-0.39, 0.29) is 6.10 Å². The Morgan fingerprint density at radius 1 is 0.909 bits per heavy atom. The SMILES string of the molecule is CCCCCC[C@@H](O)CCC. The molecule has 0 aliphatic carbocycles. The van der Waals surface area contributed by atoms with Crippen LogP contribution in [0.3, 0.4) is 0 Å². The molecule has 0 aliphatic heterocycles. The van der Waals surface area contributed by atoms with Crippen LogP contribution in [0.1, 0.15) is 58.8 Å². The molecular formula is C10H22O. The van der Waals surface area contributed by atoms with Gasteiger partial charge in [0.1, 0.15) is 0 Å². The van der Waals surface area contributed by atoms with Crippen LogP contribution in [0.25, 0.3) is 0 Å². The summed E-state index contributed by atoms with van der Waals surface area (Å²) in [6, 6.07) is 0. The molecule has 11 heavy (non-hydrogen) atoms. The lowest BCUT2D eigenvalue weighted by Gasteiger charge is -2.07. The van der Waals surface area contributed by atoms with Gasteiger partial charge >= 0.3 is 0 Å². The zero-order chi connectivity index (χ0) is 8.53. The average Bonchev–Trinajstić information content (AvgIpc) is 1.99.